The van der Waals surface area contributed by atoms with Gasteiger partial charge in [-0.25, -0.2) is 8.42 Å². The molecule has 0 bridgehead atoms. The molecule has 0 radical (unpaired) electrons. The Morgan fingerprint density at radius 2 is 1.17 bits per heavy atom. The Hall–Kier alpha value is -3.31. The summed E-state index contributed by atoms with van der Waals surface area (Å²) in [6, 6.07) is 24.8. The molecule has 0 unspecified atom stereocenters. The quantitative estimate of drug-likeness (QED) is 0.423. The van der Waals surface area contributed by atoms with Gasteiger partial charge in [0, 0.05) is 10.8 Å². The summed E-state index contributed by atoms with van der Waals surface area (Å²) in [6.45, 7) is 1.92. The van der Waals surface area contributed by atoms with Crippen LogP contribution in [0.5, 0.6) is 17.2 Å². The first-order valence-corrected chi connectivity index (χ1v) is 10.6. The van der Waals surface area contributed by atoms with Gasteiger partial charge in [0.2, 0.25) is 9.84 Å². The van der Waals surface area contributed by atoms with Gasteiger partial charge in [-0.15, -0.1) is 0 Å². The van der Waals surface area contributed by atoms with Crippen LogP contribution in [0.25, 0.3) is 10.8 Å². The molecule has 5 heteroatoms. The van der Waals surface area contributed by atoms with E-state index in [9.17, 15) is 8.42 Å². The van der Waals surface area contributed by atoms with Crippen molar-refractivity contribution < 1.29 is 17.9 Å². The summed E-state index contributed by atoms with van der Waals surface area (Å²) in [5.41, 5.74) is 1.01. The third-order valence-corrected chi connectivity index (χ3v) is 6.54. The Kier molecular flexibility index (Phi) is 4.99. The van der Waals surface area contributed by atoms with E-state index in [1.807, 2.05) is 43.3 Å². The third-order valence-electron chi connectivity index (χ3n) is 4.76. The number of sulfone groups is 1. The van der Waals surface area contributed by atoms with Gasteiger partial charge in [0.25, 0.3) is 0 Å². The van der Waals surface area contributed by atoms with Crippen LogP contribution in [-0.2, 0) is 9.84 Å². The number of aryl methyl sites for hydroxylation is 1. The number of hydrogen-bond acceptors (Lipinski definition) is 4. The molecule has 0 aliphatic heterocycles. The first-order chi connectivity index (χ1) is 14.0. The van der Waals surface area contributed by atoms with Crippen LogP contribution in [0.15, 0.2) is 94.7 Å². The van der Waals surface area contributed by atoms with Crippen LogP contribution >= 0.6 is 0 Å². The van der Waals surface area contributed by atoms with E-state index in [1.54, 1.807) is 55.6 Å². The average molecular weight is 404 g/mol. The molecule has 4 aromatic rings. The number of ether oxygens (including phenoxy) is 2. The van der Waals surface area contributed by atoms with Crippen molar-refractivity contribution in [3.63, 3.8) is 0 Å². The predicted octanol–water partition coefficient (Wildman–Crippen LogP) is 5.78. The molecule has 0 amide bonds. The predicted molar refractivity (Wildman–Crippen MR) is 114 cm³/mol. The Bertz CT molecular complexity index is 1260. The summed E-state index contributed by atoms with van der Waals surface area (Å²) in [7, 11) is -1.93. The molecule has 0 aliphatic rings. The Morgan fingerprint density at radius 3 is 1.76 bits per heavy atom. The van der Waals surface area contributed by atoms with Gasteiger partial charge in [-0.05, 0) is 55.5 Å². The molecular weight excluding hydrogens is 384 g/mol. The minimum absolute atomic E-state index is 0.230. The van der Waals surface area contributed by atoms with Gasteiger partial charge in [-0.3, -0.25) is 0 Å². The number of methoxy groups -OCH3 is 1. The van der Waals surface area contributed by atoms with Crippen LogP contribution in [0.1, 0.15) is 5.56 Å². The highest BCUT2D eigenvalue weighted by Gasteiger charge is 2.17. The van der Waals surface area contributed by atoms with Crippen LogP contribution in [0.2, 0.25) is 0 Å². The molecule has 0 fully saturated rings. The van der Waals surface area contributed by atoms with Gasteiger partial charge >= 0.3 is 0 Å². The molecule has 4 aromatic carbocycles. The Labute approximate surface area is 170 Å². The Morgan fingerprint density at radius 1 is 0.655 bits per heavy atom. The van der Waals surface area contributed by atoms with Crippen molar-refractivity contribution >= 4 is 20.6 Å². The molecule has 0 N–H and O–H groups in total. The first-order valence-electron chi connectivity index (χ1n) is 9.14. The topological polar surface area (TPSA) is 52.6 Å². The summed E-state index contributed by atoms with van der Waals surface area (Å²) in [4.78, 5) is 0.506. The lowest BCUT2D eigenvalue weighted by atomic mass is 10.1. The molecule has 0 saturated heterocycles. The molecule has 0 aromatic heterocycles. The van der Waals surface area contributed by atoms with E-state index in [4.69, 9.17) is 9.47 Å². The summed E-state index contributed by atoms with van der Waals surface area (Å²) in [5.74, 6) is 2.01. The fourth-order valence-corrected chi connectivity index (χ4v) is 4.44. The molecule has 4 nitrogen and oxygen atoms in total. The summed E-state index contributed by atoms with van der Waals surface area (Å²) in [5, 5.41) is 1.87. The third kappa shape index (κ3) is 3.69. The molecule has 0 saturated carbocycles. The van der Waals surface area contributed by atoms with Crippen molar-refractivity contribution in [3.05, 3.63) is 90.5 Å². The first kappa shape index (κ1) is 19.0. The molecular formula is C24H20O4S. The summed E-state index contributed by atoms with van der Waals surface area (Å²) in [6.07, 6.45) is 0. The van der Waals surface area contributed by atoms with Crippen molar-refractivity contribution in [2.24, 2.45) is 0 Å². The fourth-order valence-electron chi connectivity index (χ4n) is 3.18. The second-order valence-electron chi connectivity index (χ2n) is 6.70. The average Bonchev–Trinajstić information content (AvgIpc) is 2.75. The number of fused-ring (bicyclic) bond motifs is 1. The zero-order chi connectivity index (χ0) is 20.4. The van der Waals surface area contributed by atoms with Crippen LogP contribution < -0.4 is 9.47 Å². The molecule has 0 heterocycles. The second kappa shape index (κ2) is 7.60. The van der Waals surface area contributed by atoms with E-state index in [2.05, 4.69) is 0 Å². The van der Waals surface area contributed by atoms with Gasteiger partial charge in [0.15, 0.2) is 0 Å². The van der Waals surface area contributed by atoms with Crippen molar-refractivity contribution in [1.82, 2.24) is 0 Å². The monoisotopic (exact) mass is 404 g/mol. The maximum absolute atomic E-state index is 12.8. The number of hydrogen-bond donors (Lipinski definition) is 0. The second-order valence-corrected chi connectivity index (χ2v) is 8.65. The van der Waals surface area contributed by atoms with Gasteiger partial charge < -0.3 is 9.47 Å². The largest absolute Gasteiger partial charge is 0.496 e. The molecule has 29 heavy (non-hydrogen) atoms. The standard InChI is InChI=1S/C24H20O4S/c1-17-7-11-19(12-8-17)29(25,26)20-13-9-18(10-14-20)28-24-16-15-23(27-2)21-5-3-4-6-22(21)24/h3-16H,1-2H3. The lowest BCUT2D eigenvalue weighted by Crippen LogP contribution is -2.01. The number of rotatable bonds is 5. The SMILES string of the molecule is COc1ccc(Oc2ccc(S(=O)(=O)c3ccc(C)cc3)cc2)c2ccccc12. The van der Waals surface area contributed by atoms with Crippen molar-refractivity contribution in [2.45, 2.75) is 16.7 Å². The molecule has 146 valence electrons. The van der Waals surface area contributed by atoms with Crippen molar-refractivity contribution in [2.75, 3.05) is 7.11 Å². The fraction of sp³-hybridized carbons (Fsp3) is 0.0833. The minimum atomic E-state index is -3.56. The van der Waals surface area contributed by atoms with E-state index in [0.29, 0.717) is 11.5 Å². The van der Waals surface area contributed by atoms with Crippen LogP contribution in [0, 0.1) is 6.92 Å². The van der Waals surface area contributed by atoms with Gasteiger partial charge in [0.05, 0.1) is 16.9 Å². The van der Waals surface area contributed by atoms with E-state index in [-0.39, 0.29) is 9.79 Å². The minimum Gasteiger partial charge on any atom is -0.496 e. The summed E-state index contributed by atoms with van der Waals surface area (Å²) < 4.78 is 37.1. The number of benzene rings is 4. The smallest absolute Gasteiger partial charge is 0.206 e. The van der Waals surface area contributed by atoms with E-state index in [0.717, 1.165) is 22.1 Å². The Balaban J connectivity index is 1.64. The summed E-state index contributed by atoms with van der Waals surface area (Å²) >= 11 is 0. The van der Waals surface area contributed by atoms with Crippen LogP contribution in [0.3, 0.4) is 0 Å². The van der Waals surface area contributed by atoms with Crippen LogP contribution in [-0.4, -0.2) is 15.5 Å². The highest BCUT2D eigenvalue weighted by Crippen LogP contribution is 2.35. The van der Waals surface area contributed by atoms with E-state index < -0.39 is 9.84 Å². The van der Waals surface area contributed by atoms with Crippen LogP contribution in [0.4, 0.5) is 0 Å². The highest BCUT2D eigenvalue weighted by atomic mass is 32.2. The van der Waals surface area contributed by atoms with Crippen molar-refractivity contribution in [3.8, 4) is 17.2 Å². The van der Waals surface area contributed by atoms with Gasteiger partial charge in [-0.2, -0.15) is 0 Å². The molecule has 4 rings (SSSR count). The van der Waals surface area contributed by atoms with Crippen molar-refractivity contribution in [1.29, 1.82) is 0 Å². The zero-order valence-corrected chi connectivity index (χ0v) is 16.9. The zero-order valence-electron chi connectivity index (χ0n) is 16.1. The lowest BCUT2D eigenvalue weighted by molar-refractivity contribution is 0.418. The van der Waals surface area contributed by atoms with E-state index in [1.165, 1.54) is 0 Å². The molecule has 0 aliphatic carbocycles. The lowest BCUT2D eigenvalue weighted by Gasteiger charge is -2.12. The highest BCUT2D eigenvalue weighted by molar-refractivity contribution is 7.91. The van der Waals surface area contributed by atoms with E-state index >= 15 is 0 Å². The maximum Gasteiger partial charge on any atom is 0.206 e. The maximum atomic E-state index is 12.8. The molecule has 0 atom stereocenters. The normalized spacial score (nSPS) is 11.4. The van der Waals surface area contributed by atoms with Gasteiger partial charge in [0.1, 0.15) is 17.2 Å². The van der Waals surface area contributed by atoms with Gasteiger partial charge in [-0.1, -0.05) is 42.0 Å². The molecule has 0 spiro atoms.